The molecule has 0 saturated carbocycles. The Morgan fingerprint density at radius 1 is 1.28 bits per heavy atom. The van der Waals surface area contributed by atoms with E-state index in [9.17, 15) is 4.79 Å². The molecular formula is C18H20N3O3P. The highest BCUT2D eigenvalue weighted by Gasteiger charge is 2.30. The molecule has 0 radical (unpaired) electrons. The van der Waals surface area contributed by atoms with Crippen molar-refractivity contribution in [1.82, 2.24) is 9.88 Å². The third-order valence-electron chi connectivity index (χ3n) is 3.89. The number of rotatable bonds is 7. The van der Waals surface area contributed by atoms with E-state index in [0.717, 1.165) is 24.1 Å². The van der Waals surface area contributed by atoms with Gasteiger partial charge in [0.25, 0.3) is 0 Å². The predicted octanol–water partition coefficient (Wildman–Crippen LogP) is 1.59. The number of amides is 1. The Labute approximate surface area is 148 Å². The van der Waals surface area contributed by atoms with Crippen LogP contribution in [0, 0.1) is 0 Å². The molecule has 1 saturated heterocycles. The van der Waals surface area contributed by atoms with E-state index in [1.807, 2.05) is 35.2 Å². The first-order valence-corrected chi connectivity index (χ1v) is 8.54. The van der Waals surface area contributed by atoms with Crippen molar-refractivity contribution in [1.29, 1.82) is 0 Å². The van der Waals surface area contributed by atoms with Crippen molar-refractivity contribution in [3.63, 3.8) is 0 Å². The maximum Gasteiger partial charge on any atom is 0.229 e. The number of carbonyl (C=O) groups is 1. The fraction of sp³-hybridized carbons (Fsp3) is 0.278. The number of benzene rings is 1. The van der Waals surface area contributed by atoms with E-state index < -0.39 is 0 Å². The number of pyridine rings is 1. The number of carbonyl (C=O) groups excluding carboxylic acids is 1. The van der Waals surface area contributed by atoms with E-state index in [0.29, 0.717) is 18.0 Å². The number of ether oxygens (including phenoxy) is 1. The van der Waals surface area contributed by atoms with Crippen molar-refractivity contribution < 1.29 is 14.6 Å². The summed E-state index contributed by atoms with van der Waals surface area (Å²) in [6, 6.07) is 13.1. The average molecular weight is 357 g/mol. The van der Waals surface area contributed by atoms with Crippen molar-refractivity contribution >= 4 is 26.0 Å². The molecule has 6 nitrogen and oxygen atoms in total. The molecule has 130 valence electrons. The van der Waals surface area contributed by atoms with Gasteiger partial charge < -0.3 is 15.2 Å². The maximum atomic E-state index is 12.0. The fourth-order valence-corrected chi connectivity index (χ4v) is 2.70. The van der Waals surface area contributed by atoms with Crippen molar-refractivity contribution in [2.24, 2.45) is 0 Å². The van der Waals surface area contributed by atoms with Crippen LogP contribution in [0.4, 0.5) is 5.82 Å². The summed E-state index contributed by atoms with van der Waals surface area (Å²) in [6.07, 6.45) is 1.98. The number of hydrogen-bond donors (Lipinski definition) is 2. The second kappa shape index (κ2) is 8.21. The van der Waals surface area contributed by atoms with Crippen molar-refractivity contribution in [2.75, 3.05) is 25.0 Å². The molecule has 25 heavy (non-hydrogen) atoms. The van der Waals surface area contributed by atoms with E-state index in [2.05, 4.69) is 19.2 Å². The molecule has 0 bridgehead atoms. The van der Waals surface area contributed by atoms with Crippen LogP contribution in [0.15, 0.2) is 48.7 Å². The number of aliphatic hydroxyl groups is 1. The van der Waals surface area contributed by atoms with E-state index in [-0.39, 0.29) is 18.6 Å². The molecule has 1 aliphatic heterocycles. The van der Waals surface area contributed by atoms with Crippen LogP contribution in [0.1, 0.15) is 5.56 Å². The number of aromatic nitrogens is 1. The lowest BCUT2D eigenvalue weighted by Crippen LogP contribution is -2.56. The van der Waals surface area contributed by atoms with Gasteiger partial charge in [-0.1, -0.05) is 30.3 Å². The number of likely N-dealkylation sites (tertiary alicyclic amines) is 1. The summed E-state index contributed by atoms with van der Waals surface area (Å²) in [7, 11) is 3.36. The van der Waals surface area contributed by atoms with Gasteiger partial charge in [-0.15, -0.1) is 8.86 Å². The van der Waals surface area contributed by atoms with Gasteiger partial charge in [-0.05, 0) is 17.7 Å². The van der Waals surface area contributed by atoms with Crippen molar-refractivity contribution in [2.45, 2.75) is 12.5 Å². The van der Waals surface area contributed by atoms with Crippen LogP contribution in [0.3, 0.4) is 0 Å². The Bertz CT molecular complexity index is 731. The third kappa shape index (κ3) is 4.86. The molecule has 0 aliphatic carbocycles. The number of nitrogens with zero attached hydrogens (tertiary/aromatic N) is 2. The molecule has 7 heteroatoms. The highest BCUT2D eigenvalue weighted by atomic mass is 31.0. The molecule has 1 fully saturated rings. The van der Waals surface area contributed by atoms with Crippen LogP contribution in [-0.2, 0) is 11.2 Å². The summed E-state index contributed by atoms with van der Waals surface area (Å²) in [5, 5.41) is 11.8. The van der Waals surface area contributed by atoms with Crippen LogP contribution < -0.4 is 10.1 Å². The lowest BCUT2D eigenvalue weighted by Gasteiger charge is -2.39. The van der Waals surface area contributed by atoms with Gasteiger partial charge in [0.05, 0.1) is 19.2 Å². The average Bonchev–Trinajstić information content (AvgIpc) is 2.59. The molecule has 1 aromatic heterocycles. The monoisotopic (exact) mass is 357 g/mol. The number of anilines is 1. The summed E-state index contributed by atoms with van der Waals surface area (Å²) < 4.78 is 5.80. The van der Waals surface area contributed by atoms with Crippen LogP contribution in [-0.4, -0.2) is 52.1 Å². The summed E-state index contributed by atoms with van der Waals surface area (Å²) in [5.74, 6) is 1.05. The minimum absolute atomic E-state index is 0.0114. The molecular weight excluding hydrogens is 337 g/mol. The molecule has 1 aliphatic rings. The summed E-state index contributed by atoms with van der Waals surface area (Å²) in [6.45, 7) is 1.42. The Balaban J connectivity index is 1.46. The zero-order valence-corrected chi connectivity index (χ0v) is 14.7. The topological polar surface area (TPSA) is 74.7 Å². The second-order valence-corrected chi connectivity index (χ2v) is 6.42. The van der Waals surface area contributed by atoms with Crippen molar-refractivity contribution in [3.05, 3.63) is 54.2 Å². The molecule has 3 rings (SSSR count). The molecule has 2 N–H and O–H groups in total. The Kier molecular flexibility index (Phi) is 5.76. The third-order valence-corrected chi connectivity index (χ3v) is 4.37. The molecule has 0 atom stereocenters. The number of aliphatic hydroxyl groups excluding tert-OH is 1. The first-order valence-electron chi connectivity index (χ1n) is 8.04. The lowest BCUT2D eigenvalue weighted by atomic mass is 10.1. The molecule has 1 aromatic carbocycles. The predicted molar refractivity (Wildman–Crippen MR) is 99.4 cm³/mol. The zero-order chi connectivity index (χ0) is 17.6. The van der Waals surface area contributed by atoms with Crippen molar-refractivity contribution in [3.8, 4) is 5.75 Å². The van der Waals surface area contributed by atoms with E-state index in [4.69, 9.17) is 9.84 Å². The molecule has 2 heterocycles. The highest BCUT2D eigenvalue weighted by molar-refractivity contribution is 7.20. The Morgan fingerprint density at radius 2 is 2.04 bits per heavy atom. The fourth-order valence-electron chi connectivity index (χ4n) is 2.52. The van der Waals surface area contributed by atoms with Crippen LogP contribution in [0.5, 0.6) is 5.75 Å². The van der Waals surface area contributed by atoms with E-state index >= 15 is 0 Å². The maximum absolute atomic E-state index is 12.0. The quantitative estimate of drug-likeness (QED) is 0.736. The SMILES string of the molecule is O=C(Cc1ccccc1)Nc1ccc(OC2CN(C(=P)CO)C2)cn1. The van der Waals surface area contributed by atoms with E-state index in [1.165, 1.54) is 0 Å². The van der Waals surface area contributed by atoms with Gasteiger partial charge in [0, 0.05) is 18.5 Å². The van der Waals surface area contributed by atoms with Crippen LogP contribution >= 0.6 is 8.86 Å². The van der Waals surface area contributed by atoms with Crippen LogP contribution in [0.2, 0.25) is 0 Å². The lowest BCUT2D eigenvalue weighted by molar-refractivity contribution is -0.115. The Morgan fingerprint density at radius 3 is 2.68 bits per heavy atom. The first-order chi connectivity index (χ1) is 12.1. The van der Waals surface area contributed by atoms with Crippen LogP contribution in [0.25, 0.3) is 0 Å². The van der Waals surface area contributed by atoms with Gasteiger partial charge in [-0.3, -0.25) is 9.69 Å². The first kappa shape index (κ1) is 17.5. The zero-order valence-electron chi connectivity index (χ0n) is 13.7. The van der Waals surface area contributed by atoms with Gasteiger partial charge in [0.15, 0.2) is 0 Å². The summed E-state index contributed by atoms with van der Waals surface area (Å²) in [4.78, 5) is 18.2. The van der Waals surface area contributed by atoms with Gasteiger partial charge in [0.1, 0.15) is 17.7 Å². The second-order valence-electron chi connectivity index (χ2n) is 5.84. The number of hydrogen-bond acceptors (Lipinski definition) is 4. The molecule has 0 unspecified atom stereocenters. The van der Waals surface area contributed by atoms with Gasteiger partial charge in [-0.2, -0.15) is 0 Å². The largest absolute Gasteiger partial charge is 0.486 e. The Hall–Kier alpha value is -2.27. The molecule has 2 aromatic rings. The van der Waals surface area contributed by atoms with E-state index in [1.54, 1.807) is 18.3 Å². The van der Waals surface area contributed by atoms with Gasteiger partial charge in [-0.25, -0.2) is 4.98 Å². The highest BCUT2D eigenvalue weighted by Crippen LogP contribution is 2.19. The standard InChI is InChI=1S/C18H20N3O3P/c22-12-18(25)21-10-15(11-21)24-14-6-7-16(19-9-14)20-17(23)8-13-4-2-1-3-5-13/h1-7,9,15,22,25H,8,10-12H2,(H,19,20,23). The molecule has 0 spiro atoms. The minimum Gasteiger partial charge on any atom is -0.486 e. The normalized spacial score (nSPS) is 14.6. The summed E-state index contributed by atoms with van der Waals surface area (Å²) in [5.41, 5.74) is 1.72. The smallest absolute Gasteiger partial charge is 0.229 e. The van der Waals surface area contributed by atoms with Gasteiger partial charge >= 0.3 is 0 Å². The number of nitrogens with one attached hydrogen (secondary N) is 1. The summed E-state index contributed by atoms with van der Waals surface area (Å²) >= 11 is 0. The van der Waals surface area contributed by atoms with Gasteiger partial charge in [0.2, 0.25) is 5.91 Å². The molecule has 1 amide bonds. The minimum atomic E-state index is -0.105.